The molecule has 1 aromatic heterocycles. The van der Waals surface area contributed by atoms with Gasteiger partial charge in [-0.25, -0.2) is 4.98 Å². The molecule has 2 aliphatic rings. The molecule has 3 heterocycles. The number of nitrogens with zero attached hydrogens (tertiary/aromatic N) is 4. The number of hydrogen-bond acceptors (Lipinski definition) is 7. The number of benzene rings is 1. The molecule has 144 valence electrons. The number of rotatable bonds is 3. The standard InChI is InChI=1S/C20H26N4O3/c1-12-13(2)21-20(23(3)4)22-19(12)24-8-7-15(16(25)10-24)14-5-6-17-18(9-14)27-11-26-17/h5-6,9,15-16,25H,7-8,10-11H2,1-4H3/t15-,16+/m1/s1. The van der Waals surface area contributed by atoms with Gasteiger partial charge in [-0.05, 0) is 38.0 Å². The Morgan fingerprint density at radius 3 is 2.67 bits per heavy atom. The zero-order chi connectivity index (χ0) is 19.1. The maximum Gasteiger partial charge on any atom is 0.231 e. The number of aliphatic hydroxyl groups excluding tert-OH is 1. The first-order valence-corrected chi connectivity index (χ1v) is 9.29. The Labute approximate surface area is 159 Å². The van der Waals surface area contributed by atoms with E-state index in [2.05, 4.69) is 9.88 Å². The molecule has 0 amide bonds. The zero-order valence-corrected chi connectivity index (χ0v) is 16.3. The van der Waals surface area contributed by atoms with Gasteiger partial charge in [0.15, 0.2) is 11.5 Å². The summed E-state index contributed by atoms with van der Waals surface area (Å²) in [7, 11) is 3.88. The molecule has 2 aromatic rings. The zero-order valence-electron chi connectivity index (χ0n) is 16.3. The highest BCUT2D eigenvalue weighted by atomic mass is 16.7. The van der Waals surface area contributed by atoms with Gasteiger partial charge in [-0.1, -0.05) is 6.07 Å². The summed E-state index contributed by atoms with van der Waals surface area (Å²) in [5, 5.41) is 10.9. The number of aryl methyl sites for hydroxylation is 1. The lowest BCUT2D eigenvalue weighted by Gasteiger charge is -2.37. The minimum Gasteiger partial charge on any atom is -0.454 e. The van der Waals surface area contributed by atoms with Gasteiger partial charge in [0.2, 0.25) is 12.7 Å². The monoisotopic (exact) mass is 370 g/mol. The SMILES string of the molecule is Cc1nc(N(C)C)nc(N2CC[C@H](c3ccc4c(c3)OCO4)[C@@H](O)C2)c1C. The van der Waals surface area contributed by atoms with Crippen molar-refractivity contribution < 1.29 is 14.6 Å². The topological polar surface area (TPSA) is 71.0 Å². The maximum absolute atomic E-state index is 10.9. The molecule has 1 saturated heterocycles. The summed E-state index contributed by atoms with van der Waals surface area (Å²) in [5.41, 5.74) is 3.13. The highest BCUT2D eigenvalue weighted by molar-refractivity contribution is 5.53. The normalized spacial score (nSPS) is 21.4. The van der Waals surface area contributed by atoms with E-state index >= 15 is 0 Å². The van der Waals surface area contributed by atoms with Crippen molar-refractivity contribution >= 4 is 11.8 Å². The van der Waals surface area contributed by atoms with Crippen LogP contribution in [0.1, 0.15) is 29.2 Å². The van der Waals surface area contributed by atoms with Crippen LogP contribution in [0.4, 0.5) is 11.8 Å². The minimum atomic E-state index is -0.475. The van der Waals surface area contributed by atoms with Crippen LogP contribution in [0.3, 0.4) is 0 Å². The Hall–Kier alpha value is -2.54. The van der Waals surface area contributed by atoms with Crippen molar-refractivity contribution in [3.63, 3.8) is 0 Å². The van der Waals surface area contributed by atoms with Crippen LogP contribution in [0.15, 0.2) is 18.2 Å². The van der Waals surface area contributed by atoms with Gasteiger partial charge < -0.3 is 24.4 Å². The molecule has 0 unspecified atom stereocenters. The van der Waals surface area contributed by atoms with Crippen molar-refractivity contribution in [3.05, 3.63) is 35.0 Å². The molecule has 0 bridgehead atoms. The molecule has 1 aromatic carbocycles. The first kappa shape index (κ1) is 17.9. The van der Waals surface area contributed by atoms with Crippen LogP contribution in [-0.2, 0) is 0 Å². The van der Waals surface area contributed by atoms with E-state index in [1.165, 1.54) is 0 Å². The molecule has 27 heavy (non-hydrogen) atoms. The number of piperidine rings is 1. The van der Waals surface area contributed by atoms with Gasteiger partial charge in [0, 0.05) is 44.4 Å². The van der Waals surface area contributed by atoms with Crippen LogP contribution in [0.2, 0.25) is 0 Å². The number of aromatic nitrogens is 2. The number of hydrogen-bond donors (Lipinski definition) is 1. The van der Waals surface area contributed by atoms with E-state index < -0.39 is 6.10 Å². The third-order valence-electron chi connectivity index (χ3n) is 5.46. The first-order valence-electron chi connectivity index (χ1n) is 9.29. The largest absolute Gasteiger partial charge is 0.454 e. The second-order valence-electron chi connectivity index (χ2n) is 7.47. The molecule has 2 atom stereocenters. The molecule has 7 heteroatoms. The molecule has 1 N–H and O–H groups in total. The third-order valence-corrected chi connectivity index (χ3v) is 5.46. The molecule has 0 saturated carbocycles. The Bertz CT molecular complexity index is 855. The quantitative estimate of drug-likeness (QED) is 0.888. The summed E-state index contributed by atoms with van der Waals surface area (Å²) in [6.45, 7) is 5.69. The fourth-order valence-corrected chi connectivity index (χ4v) is 3.76. The number of ether oxygens (including phenoxy) is 2. The number of anilines is 2. The van der Waals surface area contributed by atoms with E-state index in [0.29, 0.717) is 12.5 Å². The molecule has 2 aliphatic heterocycles. The lowest BCUT2D eigenvalue weighted by Crippen LogP contribution is -2.43. The molecular formula is C20H26N4O3. The van der Waals surface area contributed by atoms with Gasteiger partial charge in [-0.2, -0.15) is 4.98 Å². The van der Waals surface area contributed by atoms with Gasteiger partial charge in [0.05, 0.1) is 6.10 Å². The molecule has 0 spiro atoms. The fraction of sp³-hybridized carbons (Fsp3) is 0.500. The number of fused-ring (bicyclic) bond motifs is 1. The van der Waals surface area contributed by atoms with Crippen LogP contribution >= 0.6 is 0 Å². The lowest BCUT2D eigenvalue weighted by molar-refractivity contribution is 0.129. The Morgan fingerprint density at radius 2 is 1.93 bits per heavy atom. The van der Waals surface area contributed by atoms with Crippen molar-refractivity contribution in [2.45, 2.75) is 32.3 Å². The molecule has 0 aliphatic carbocycles. The van der Waals surface area contributed by atoms with Crippen molar-refractivity contribution in [1.29, 1.82) is 0 Å². The lowest BCUT2D eigenvalue weighted by atomic mass is 9.86. The van der Waals surface area contributed by atoms with E-state index in [1.807, 2.05) is 51.0 Å². The van der Waals surface area contributed by atoms with Crippen molar-refractivity contribution in [2.75, 3.05) is 43.8 Å². The Balaban J connectivity index is 1.55. The van der Waals surface area contributed by atoms with Crippen LogP contribution in [-0.4, -0.2) is 55.2 Å². The molecule has 0 radical (unpaired) electrons. The second-order valence-corrected chi connectivity index (χ2v) is 7.47. The molecule has 4 rings (SSSR count). The van der Waals surface area contributed by atoms with E-state index in [4.69, 9.17) is 14.5 Å². The van der Waals surface area contributed by atoms with E-state index in [0.717, 1.165) is 47.1 Å². The van der Waals surface area contributed by atoms with E-state index in [1.54, 1.807) is 0 Å². The van der Waals surface area contributed by atoms with Gasteiger partial charge >= 0.3 is 0 Å². The minimum absolute atomic E-state index is 0.0762. The number of aliphatic hydroxyl groups is 1. The smallest absolute Gasteiger partial charge is 0.231 e. The van der Waals surface area contributed by atoms with Gasteiger partial charge in [-0.15, -0.1) is 0 Å². The van der Waals surface area contributed by atoms with Crippen LogP contribution in [0.25, 0.3) is 0 Å². The van der Waals surface area contributed by atoms with Crippen molar-refractivity contribution in [1.82, 2.24) is 9.97 Å². The van der Waals surface area contributed by atoms with Gasteiger partial charge in [0.1, 0.15) is 5.82 Å². The summed E-state index contributed by atoms with van der Waals surface area (Å²) in [6, 6.07) is 5.95. The van der Waals surface area contributed by atoms with E-state index in [-0.39, 0.29) is 12.7 Å². The summed E-state index contributed by atoms with van der Waals surface area (Å²) in [4.78, 5) is 13.4. The van der Waals surface area contributed by atoms with Crippen LogP contribution in [0, 0.1) is 13.8 Å². The van der Waals surface area contributed by atoms with Gasteiger partial charge in [0.25, 0.3) is 0 Å². The summed E-state index contributed by atoms with van der Waals surface area (Å²) in [6.07, 6.45) is 0.372. The maximum atomic E-state index is 10.9. The highest BCUT2D eigenvalue weighted by Crippen LogP contribution is 2.38. The first-order chi connectivity index (χ1) is 12.9. The Kier molecular flexibility index (Phi) is 4.55. The highest BCUT2D eigenvalue weighted by Gasteiger charge is 2.31. The van der Waals surface area contributed by atoms with Crippen LogP contribution < -0.4 is 19.3 Å². The average molecular weight is 370 g/mol. The van der Waals surface area contributed by atoms with Crippen molar-refractivity contribution in [3.8, 4) is 11.5 Å². The van der Waals surface area contributed by atoms with E-state index in [9.17, 15) is 5.11 Å². The summed E-state index contributed by atoms with van der Waals surface area (Å²) in [5.74, 6) is 3.22. The second kappa shape index (κ2) is 6.88. The predicted octanol–water partition coefficient (Wildman–Crippen LogP) is 2.24. The molecular weight excluding hydrogens is 344 g/mol. The van der Waals surface area contributed by atoms with Crippen LogP contribution in [0.5, 0.6) is 11.5 Å². The van der Waals surface area contributed by atoms with Gasteiger partial charge in [-0.3, -0.25) is 0 Å². The third kappa shape index (κ3) is 3.27. The average Bonchev–Trinajstić information content (AvgIpc) is 3.11. The summed E-state index contributed by atoms with van der Waals surface area (Å²) >= 11 is 0. The summed E-state index contributed by atoms with van der Waals surface area (Å²) < 4.78 is 10.9. The predicted molar refractivity (Wildman–Crippen MR) is 104 cm³/mol. The number of β-amino-alcohol motifs (C(OH)–C–C–N with tert-alkyl or cyclic N) is 1. The fourth-order valence-electron chi connectivity index (χ4n) is 3.76. The van der Waals surface area contributed by atoms with Crippen molar-refractivity contribution in [2.24, 2.45) is 0 Å². The molecule has 1 fully saturated rings. The molecule has 7 nitrogen and oxygen atoms in total. The Morgan fingerprint density at radius 1 is 1.15 bits per heavy atom.